The Morgan fingerprint density at radius 2 is 1.93 bits per heavy atom. The normalized spacial score (nSPS) is 10.6. The molecule has 4 aromatic rings. The van der Waals surface area contributed by atoms with E-state index in [2.05, 4.69) is 15.4 Å². The molecular weight excluding hydrogens is 400 g/mol. The summed E-state index contributed by atoms with van der Waals surface area (Å²) in [4.78, 5) is 30.0. The lowest BCUT2D eigenvalue weighted by Crippen LogP contribution is -2.12. The number of amides is 1. The lowest BCUT2D eigenvalue weighted by molar-refractivity contribution is 0.0532. The summed E-state index contributed by atoms with van der Waals surface area (Å²) in [5.74, 6) is -0.789. The summed E-state index contributed by atoms with van der Waals surface area (Å²) in [6, 6.07) is 18.2. The average Bonchev–Trinajstić information content (AvgIpc) is 3.45. The number of aromatic nitrogens is 3. The van der Waals surface area contributed by atoms with Crippen LogP contribution in [0.15, 0.2) is 73.1 Å². The maximum atomic E-state index is 12.8. The number of carbonyl (C=O) groups is 2. The van der Waals surface area contributed by atoms with Gasteiger partial charge in [-0.25, -0.2) is 14.5 Å². The molecule has 0 radical (unpaired) electrons. The summed E-state index contributed by atoms with van der Waals surface area (Å²) < 4.78 is 6.83. The quantitative estimate of drug-likeness (QED) is 0.468. The van der Waals surface area contributed by atoms with E-state index < -0.39 is 5.97 Å². The molecule has 2 heterocycles. The van der Waals surface area contributed by atoms with Crippen LogP contribution in [0, 0.1) is 0 Å². The molecule has 4 rings (SSSR count). The summed E-state index contributed by atoms with van der Waals surface area (Å²) in [6.07, 6.45) is 3.47. The van der Waals surface area contributed by atoms with Crippen LogP contribution in [0.5, 0.6) is 0 Å². The number of ether oxygens (including phenoxy) is 1. The Hall–Kier alpha value is -3.78. The number of carbonyl (C=O) groups excluding carboxylic acids is 2. The van der Waals surface area contributed by atoms with Crippen LogP contribution in [0.25, 0.3) is 16.9 Å². The smallest absolute Gasteiger partial charge is 0.350 e. The summed E-state index contributed by atoms with van der Waals surface area (Å²) >= 11 is 1.09. The minimum absolute atomic E-state index is 0.257. The molecule has 0 aliphatic heterocycles. The van der Waals surface area contributed by atoms with Crippen LogP contribution >= 0.6 is 11.3 Å². The second kappa shape index (κ2) is 8.71. The van der Waals surface area contributed by atoms with Crippen molar-refractivity contribution < 1.29 is 14.3 Å². The Bertz CT molecular complexity index is 1170. The third kappa shape index (κ3) is 4.13. The number of nitrogens with zero attached hydrogens (tertiary/aromatic N) is 3. The number of rotatable bonds is 6. The first-order chi connectivity index (χ1) is 14.7. The lowest BCUT2D eigenvalue weighted by Gasteiger charge is -2.05. The molecular formula is C22H18N4O3S. The van der Waals surface area contributed by atoms with Gasteiger partial charge in [-0.2, -0.15) is 5.10 Å². The van der Waals surface area contributed by atoms with Crippen molar-refractivity contribution >= 4 is 28.3 Å². The Balaban J connectivity index is 1.62. The molecule has 0 spiro atoms. The molecule has 150 valence electrons. The standard InChI is InChI=1S/C22H18N4O3S/c1-2-29-21(28)19-18(15-8-4-3-5-9-15)24-22(30-19)25-20(27)16-10-6-11-17(14-16)26-13-7-12-23-26/h3-14H,2H2,1H3,(H,24,25,27). The van der Waals surface area contributed by atoms with Gasteiger partial charge in [-0.05, 0) is 31.2 Å². The lowest BCUT2D eigenvalue weighted by atomic mass is 10.1. The average molecular weight is 418 g/mol. The molecule has 2 aromatic carbocycles. The fourth-order valence-electron chi connectivity index (χ4n) is 2.88. The molecule has 2 aromatic heterocycles. The van der Waals surface area contributed by atoms with Crippen molar-refractivity contribution in [2.24, 2.45) is 0 Å². The molecule has 0 aliphatic rings. The van der Waals surface area contributed by atoms with Gasteiger partial charge in [0.05, 0.1) is 18.0 Å². The summed E-state index contributed by atoms with van der Waals surface area (Å²) in [6.45, 7) is 2.00. The SMILES string of the molecule is CCOC(=O)c1sc(NC(=O)c2cccc(-n3cccn3)c2)nc1-c1ccccc1. The van der Waals surface area contributed by atoms with Crippen LogP contribution in [-0.2, 0) is 4.74 Å². The third-order valence-corrected chi connectivity index (χ3v) is 5.18. The van der Waals surface area contributed by atoms with Gasteiger partial charge in [0.2, 0.25) is 0 Å². The van der Waals surface area contributed by atoms with Crippen LogP contribution in [0.2, 0.25) is 0 Å². The number of thiazole rings is 1. The van der Waals surface area contributed by atoms with Crippen LogP contribution in [0.3, 0.4) is 0 Å². The van der Waals surface area contributed by atoms with Crippen LogP contribution in [-0.4, -0.2) is 33.2 Å². The summed E-state index contributed by atoms with van der Waals surface area (Å²) in [7, 11) is 0. The topological polar surface area (TPSA) is 86.1 Å². The molecule has 30 heavy (non-hydrogen) atoms. The van der Waals surface area contributed by atoms with Gasteiger partial charge in [0, 0.05) is 23.5 Å². The van der Waals surface area contributed by atoms with E-state index in [9.17, 15) is 9.59 Å². The second-order valence-corrected chi connectivity index (χ2v) is 7.24. The molecule has 7 nitrogen and oxygen atoms in total. The van der Waals surface area contributed by atoms with E-state index in [1.807, 2.05) is 42.5 Å². The number of esters is 1. The van der Waals surface area contributed by atoms with Crippen LogP contribution in [0.1, 0.15) is 27.0 Å². The number of hydrogen-bond acceptors (Lipinski definition) is 6. The first-order valence-electron chi connectivity index (χ1n) is 9.30. The zero-order valence-electron chi connectivity index (χ0n) is 16.1. The largest absolute Gasteiger partial charge is 0.462 e. The third-order valence-electron chi connectivity index (χ3n) is 4.23. The Morgan fingerprint density at radius 3 is 2.67 bits per heavy atom. The maximum absolute atomic E-state index is 12.8. The minimum atomic E-state index is -0.463. The highest BCUT2D eigenvalue weighted by atomic mass is 32.1. The van der Waals surface area contributed by atoms with Gasteiger partial charge in [0.1, 0.15) is 4.88 Å². The van der Waals surface area contributed by atoms with E-state index in [0.717, 1.165) is 22.6 Å². The molecule has 0 saturated carbocycles. The molecule has 0 fully saturated rings. The highest BCUT2D eigenvalue weighted by Crippen LogP contribution is 2.32. The van der Waals surface area contributed by atoms with Gasteiger partial charge in [-0.15, -0.1) is 0 Å². The van der Waals surface area contributed by atoms with Gasteiger partial charge < -0.3 is 4.74 Å². The summed E-state index contributed by atoms with van der Waals surface area (Å²) in [5.41, 5.74) is 2.48. The van der Waals surface area contributed by atoms with Gasteiger partial charge in [-0.1, -0.05) is 47.7 Å². The maximum Gasteiger partial charge on any atom is 0.350 e. The molecule has 8 heteroatoms. The van der Waals surface area contributed by atoms with E-state index >= 15 is 0 Å². The monoisotopic (exact) mass is 418 g/mol. The van der Waals surface area contributed by atoms with Crippen LogP contribution in [0.4, 0.5) is 5.13 Å². The van der Waals surface area contributed by atoms with E-state index in [1.54, 1.807) is 42.2 Å². The van der Waals surface area contributed by atoms with E-state index in [0.29, 0.717) is 21.3 Å². The van der Waals surface area contributed by atoms with Gasteiger partial charge in [0.25, 0.3) is 5.91 Å². The molecule has 1 amide bonds. The highest BCUT2D eigenvalue weighted by Gasteiger charge is 2.22. The Morgan fingerprint density at radius 1 is 1.10 bits per heavy atom. The summed E-state index contributed by atoms with van der Waals surface area (Å²) in [5, 5.41) is 7.29. The van der Waals surface area contributed by atoms with E-state index in [4.69, 9.17) is 4.74 Å². The molecule has 0 atom stereocenters. The van der Waals surface area contributed by atoms with Crippen molar-refractivity contribution in [3.63, 3.8) is 0 Å². The fourth-order valence-corrected chi connectivity index (χ4v) is 3.76. The van der Waals surface area contributed by atoms with Crippen molar-refractivity contribution in [3.05, 3.63) is 83.5 Å². The van der Waals surface area contributed by atoms with E-state index in [1.165, 1.54) is 0 Å². The van der Waals surface area contributed by atoms with Gasteiger partial charge in [0.15, 0.2) is 5.13 Å². The Labute approximate surface area is 177 Å². The molecule has 0 aliphatic carbocycles. The highest BCUT2D eigenvalue weighted by molar-refractivity contribution is 7.18. The van der Waals surface area contributed by atoms with Gasteiger partial charge in [-0.3, -0.25) is 10.1 Å². The molecule has 0 saturated heterocycles. The first-order valence-corrected chi connectivity index (χ1v) is 10.1. The molecule has 0 unspecified atom stereocenters. The predicted octanol–water partition coefficient (Wildman–Crippen LogP) is 4.42. The number of nitrogens with one attached hydrogen (secondary N) is 1. The second-order valence-electron chi connectivity index (χ2n) is 6.24. The predicted molar refractivity (Wildman–Crippen MR) is 115 cm³/mol. The molecule has 1 N–H and O–H groups in total. The van der Waals surface area contributed by atoms with Crippen LogP contribution < -0.4 is 5.32 Å². The zero-order valence-corrected chi connectivity index (χ0v) is 16.9. The van der Waals surface area contributed by atoms with Crippen molar-refractivity contribution in [2.45, 2.75) is 6.92 Å². The number of hydrogen-bond donors (Lipinski definition) is 1. The van der Waals surface area contributed by atoms with E-state index in [-0.39, 0.29) is 12.5 Å². The first kappa shape index (κ1) is 19.5. The zero-order chi connectivity index (χ0) is 20.9. The number of anilines is 1. The van der Waals surface area contributed by atoms with Crippen molar-refractivity contribution in [2.75, 3.05) is 11.9 Å². The van der Waals surface area contributed by atoms with Crippen molar-refractivity contribution in [3.8, 4) is 16.9 Å². The Kier molecular flexibility index (Phi) is 5.67. The fraction of sp³-hybridized carbons (Fsp3) is 0.0909. The minimum Gasteiger partial charge on any atom is -0.462 e. The number of benzene rings is 2. The molecule has 0 bridgehead atoms. The van der Waals surface area contributed by atoms with Gasteiger partial charge >= 0.3 is 5.97 Å². The van der Waals surface area contributed by atoms with Crippen molar-refractivity contribution in [1.29, 1.82) is 0 Å². The van der Waals surface area contributed by atoms with Crippen molar-refractivity contribution in [1.82, 2.24) is 14.8 Å².